The van der Waals surface area contributed by atoms with Crippen molar-refractivity contribution in [2.75, 3.05) is 7.11 Å². The number of carbonyl (C=O) groups excluding carboxylic acids is 1. The summed E-state index contributed by atoms with van der Waals surface area (Å²) in [6.45, 7) is 0. The molecule has 22 heavy (non-hydrogen) atoms. The van der Waals surface area contributed by atoms with Crippen molar-refractivity contribution in [3.05, 3.63) is 63.4 Å². The Bertz CT molecular complexity index is 858. The molecule has 0 spiro atoms. The van der Waals surface area contributed by atoms with Gasteiger partial charge in [-0.3, -0.25) is 4.98 Å². The number of aromatic nitrogens is 2. The average Bonchev–Trinajstić information content (AvgIpc) is 2.91. The summed E-state index contributed by atoms with van der Waals surface area (Å²) in [5.41, 5.74) is 3.68. The van der Waals surface area contributed by atoms with Gasteiger partial charge in [0.15, 0.2) is 0 Å². The van der Waals surface area contributed by atoms with E-state index in [2.05, 4.69) is 9.97 Å². The van der Waals surface area contributed by atoms with Crippen LogP contribution in [0.5, 0.6) is 0 Å². The summed E-state index contributed by atoms with van der Waals surface area (Å²) in [6.07, 6.45) is 2.18. The Morgan fingerprint density at radius 3 is 2.82 bits per heavy atom. The molecule has 1 N–H and O–H groups in total. The molecule has 0 fully saturated rings. The Labute approximate surface area is 137 Å². The highest BCUT2D eigenvalue weighted by atomic mass is 35.5. The van der Waals surface area contributed by atoms with Crippen LogP contribution in [0.1, 0.15) is 21.6 Å². The zero-order valence-electron chi connectivity index (χ0n) is 11.7. The minimum absolute atomic E-state index is 0.398. The lowest BCUT2D eigenvalue weighted by Crippen LogP contribution is -2.02. The smallest absolute Gasteiger partial charge is 0.340 e. The molecule has 3 aromatic rings. The van der Waals surface area contributed by atoms with Gasteiger partial charge >= 0.3 is 5.97 Å². The number of pyridine rings is 1. The first kappa shape index (κ1) is 14.9. The molecule has 0 aliphatic heterocycles. The van der Waals surface area contributed by atoms with Crippen molar-refractivity contribution in [2.24, 2.45) is 0 Å². The number of methoxy groups -OCH3 is 1. The minimum Gasteiger partial charge on any atom is -0.465 e. The molecular formula is C16H12Cl2N2O2. The van der Waals surface area contributed by atoms with Crippen LogP contribution in [0.3, 0.4) is 0 Å². The molecule has 2 heterocycles. The molecule has 0 saturated heterocycles. The van der Waals surface area contributed by atoms with Crippen LogP contribution in [-0.2, 0) is 11.2 Å². The number of benzene rings is 1. The summed E-state index contributed by atoms with van der Waals surface area (Å²) in [4.78, 5) is 19.3. The summed E-state index contributed by atoms with van der Waals surface area (Å²) in [5.74, 6) is -0.398. The molecule has 2 aromatic heterocycles. The highest BCUT2D eigenvalue weighted by Gasteiger charge is 2.14. The van der Waals surface area contributed by atoms with Gasteiger partial charge in [0.1, 0.15) is 0 Å². The Hall–Kier alpha value is -2.04. The lowest BCUT2D eigenvalue weighted by atomic mass is 10.1. The summed E-state index contributed by atoms with van der Waals surface area (Å²) >= 11 is 12.1. The lowest BCUT2D eigenvalue weighted by Gasteiger charge is -2.03. The maximum atomic E-state index is 11.8. The van der Waals surface area contributed by atoms with Gasteiger partial charge in [-0.25, -0.2) is 4.79 Å². The fourth-order valence-electron chi connectivity index (χ4n) is 2.33. The van der Waals surface area contributed by atoms with Gasteiger partial charge in [-0.2, -0.15) is 0 Å². The van der Waals surface area contributed by atoms with Crippen LogP contribution in [0.2, 0.25) is 10.0 Å². The van der Waals surface area contributed by atoms with E-state index >= 15 is 0 Å². The van der Waals surface area contributed by atoms with Crippen LogP contribution in [-0.4, -0.2) is 23.0 Å². The maximum Gasteiger partial charge on any atom is 0.340 e. The molecule has 0 aliphatic rings. The Kier molecular flexibility index (Phi) is 4.05. The quantitative estimate of drug-likeness (QED) is 0.728. The third-order valence-electron chi connectivity index (χ3n) is 3.38. The highest BCUT2D eigenvalue weighted by Crippen LogP contribution is 2.25. The van der Waals surface area contributed by atoms with Crippen LogP contribution in [0.25, 0.3) is 11.0 Å². The lowest BCUT2D eigenvalue weighted by molar-refractivity contribution is 0.0602. The largest absolute Gasteiger partial charge is 0.465 e. The second-order valence-electron chi connectivity index (χ2n) is 4.82. The van der Waals surface area contributed by atoms with Crippen LogP contribution >= 0.6 is 23.2 Å². The molecule has 112 valence electrons. The minimum atomic E-state index is -0.398. The molecule has 0 saturated carbocycles. The molecule has 0 aliphatic carbocycles. The van der Waals surface area contributed by atoms with E-state index in [1.807, 2.05) is 12.1 Å². The van der Waals surface area contributed by atoms with Gasteiger partial charge in [-0.1, -0.05) is 29.3 Å². The number of ether oxygens (including phenoxy) is 1. The number of nitrogens with zero attached hydrogens (tertiary/aromatic N) is 1. The molecule has 3 rings (SSSR count). The van der Waals surface area contributed by atoms with Crippen LogP contribution in [0, 0.1) is 0 Å². The first-order valence-corrected chi connectivity index (χ1v) is 7.33. The second-order valence-corrected chi connectivity index (χ2v) is 5.66. The molecule has 1 aromatic carbocycles. The predicted octanol–water partition coefficient (Wildman–Crippen LogP) is 4.25. The van der Waals surface area contributed by atoms with Gasteiger partial charge in [0.25, 0.3) is 0 Å². The van der Waals surface area contributed by atoms with E-state index in [-0.39, 0.29) is 0 Å². The summed E-state index contributed by atoms with van der Waals surface area (Å²) < 4.78 is 4.78. The Morgan fingerprint density at radius 2 is 2.09 bits per heavy atom. The van der Waals surface area contributed by atoms with E-state index in [1.165, 1.54) is 7.11 Å². The van der Waals surface area contributed by atoms with E-state index in [1.54, 1.807) is 24.4 Å². The third-order valence-corrected chi connectivity index (χ3v) is 3.97. The van der Waals surface area contributed by atoms with Gasteiger partial charge in [-0.05, 0) is 29.8 Å². The van der Waals surface area contributed by atoms with Gasteiger partial charge in [0.2, 0.25) is 0 Å². The maximum absolute atomic E-state index is 11.8. The zero-order chi connectivity index (χ0) is 15.7. The number of hydrogen-bond donors (Lipinski definition) is 1. The molecule has 0 radical (unpaired) electrons. The van der Waals surface area contributed by atoms with Crippen molar-refractivity contribution >= 4 is 40.2 Å². The first-order chi connectivity index (χ1) is 10.6. The number of esters is 1. The molecule has 0 unspecified atom stereocenters. The normalized spacial score (nSPS) is 10.9. The number of fused-ring (bicyclic) bond motifs is 1. The van der Waals surface area contributed by atoms with Crippen molar-refractivity contribution in [2.45, 2.75) is 6.42 Å². The SMILES string of the molecule is COC(=O)c1ccnc2cc(Cc3ccc(Cl)cc3Cl)[nH]c12. The summed E-state index contributed by atoms with van der Waals surface area (Å²) in [7, 11) is 1.35. The van der Waals surface area contributed by atoms with Gasteiger partial charge in [0, 0.05) is 28.4 Å². The summed E-state index contributed by atoms with van der Waals surface area (Å²) in [6, 6.07) is 8.91. The van der Waals surface area contributed by atoms with Gasteiger partial charge < -0.3 is 9.72 Å². The van der Waals surface area contributed by atoms with Crippen LogP contribution < -0.4 is 0 Å². The van der Waals surface area contributed by atoms with Crippen molar-refractivity contribution in [1.29, 1.82) is 0 Å². The number of hydrogen-bond acceptors (Lipinski definition) is 3. The topological polar surface area (TPSA) is 55.0 Å². The predicted molar refractivity (Wildman–Crippen MR) is 86.7 cm³/mol. The molecule has 6 heteroatoms. The van der Waals surface area contributed by atoms with E-state index < -0.39 is 5.97 Å². The van der Waals surface area contributed by atoms with Gasteiger partial charge in [-0.15, -0.1) is 0 Å². The summed E-state index contributed by atoms with van der Waals surface area (Å²) in [5, 5.41) is 1.20. The Morgan fingerprint density at radius 1 is 1.27 bits per heavy atom. The number of carbonyl (C=O) groups is 1. The monoisotopic (exact) mass is 334 g/mol. The Balaban J connectivity index is 2.00. The number of H-pyrrole nitrogens is 1. The molecule has 0 bridgehead atoms. The van der Waals surface area contributed by atoms with Crippen molar-refractivity contribution in [3.8, 4) is 0 Å². The standard InChI is InChI=1S/C16H12Cl2N2O2/c1-22-16(21)12-4-5-19-14-8-11(20-15(12)14)6-9-2-3-10(17)7-13(9)18/h2-5,7-8,20H,6H2,1H3. The van der Waals surface area contributed by atoms with Crippen LogP contribution in [0.4, 0.5) is 0 Å². The van der Waals surface area contributed by atoms with E-state index in [0.29, 0.717) is 33.1 Å². The second kappa shape index (κ2) is 5.99. The van der Waals surface area contributed by atoms with Crippen molar-refractivity contribution in [3.63, 3.8) is 0 Å². The van der Waals surface area contributed by atoms with Crippen LogP contribution in [0.15, 0.2) is 36.5 Å². The zero-order valence-corrected chi connectivity index (χ0v) is 13.2. The number of aromatic amines is 1. The molecular weight excluding hydrogens is 323 g/mol. The fraction of sp³-hybridized carbons (Fsp3) is 0.125. The van der Waals surface area contributed by atoms with E-state index in [4.69, 9.17) is 27.9 Å². The first-order valence-electron chi connectivity index (χ1n) is 6.57. The average molecular weight is 335 g/mol. The number of halogens is 2. The number of nitrogens with one attached hydrogen (secondary N) is 1. The molecule has 0 atom stereocenters. The highest BCUT2D eigenvalue weighted by molar-refractivity contribution is 6.35. The van der Waals surface area contributed by atoms with E-state index in [0.717, 1.165) is 11.3 Å². The van der Waals surface area contributed by atoms with E-state index in [9.17, 15) is 4.79 Å². The fourth-order valence-corrected chi connectivity index (χ4v) is 2.80. The molecule has 0 amide bonds. The number of rotatable bonds is 3. The molecule has 4 nitrogen and oxygen atoms in total. The van der Waals surface area contributed by atoms with Gasteiger partial charge in [0.05, 0.1) is 23.7 Å². The van der Waals surface area contributed by atoms with Crippen molar-refractivity contribution in [1.82, 2.24) is 9.97 Å². The third kappa shape index (κ3) is 2.80. The van der Waals surface area contributed by atoms with Crippen molar-refractivity contribution < 1.29 is 9.53 Å².